The standard InChI is InChI=1S/C17H21N3O4S/c1-12-16(11-19(2)18-12)25(23,24)20-9-3-4-15(10-20)13-5-7-14(8-6-13)17(21)22/h5-8,11,15H,3-4,9-10H2,1-2H3,(H,21,22)/t15-/m0/s1. The number of carboxylic acids is 1. The van der Waals surface area contributed by atoms with E-state index in [-0.39, 0.29) is 16.4 Å². The minimum Gasteiger partial charge on any atom is -0.478 e. The van der Waals surface area contributed by atoms with Crippen LogP contribution in [0.4, 0.5) is 0 Å². The van der Waals surface area contributed by atoms with Gasteiger partial charge in [-0.1, -0.05) is 12.1 Å². The molecule has 0 bridgehead atoms. The Bertz CT molecular complexity index is 887. The molecule has 2 heterocycles. The van der Waals surface area contributed by atoms with E-state index in [2.05, 4.69) is 5.10 Å². The van der Waals surface area contributed by atoms with Crippen molar-refractivity contribution < 1.29 is 18.3 Å². The summed E-state index contributed by atoms with van der Waals surface area (Å²) >= 11 is 0. The lowest BCUT2D eigenvalue weighted by Gasteiger charge is -2.32. The van der Waals surface area contributed by atoms with Gasteiger partial charge in [0.05, 0.1) is 11.3 Å². The van der Waals surface area contributed by atoms with E-state index in [4.69, 9.17) is 5.11 Å². The maximum atomic E-state index is 12.9. The number of aromatic nitrogens is 2. The van der Waals surface area contributed by atoms with Gasteiger partial charge in [0.15, 0.2) is 0 Å². The molecular formula is C17H21N3O4S. The van der Waals surface area contributed by atoms with Crippen LogP contribution in [0.2, 0.25) is 0 Å². The van der Waals surface area contributed by atoms with Crippen molar-refractivity contribution in [1.29, 1.82) is 0 Å². The Morgan fingerprint density at radius 1 is 1.28 bits per heavy atom. The molecule has 1 aromatic carbocycles. The van der Waals surface area contributed by atoms with Crippen molar-refractivity contribution >= 4 is 16.0 Å². The number of carboxylic acid groups (broad SMARTS) is 1. The highest BCUT2D eigenvalue weighted by molar-refractivity contribution is 7.89. The fourth-order valence-electron chi connectivity index (χ4n) is 3.30. The Hall–Kier alpha value is -2.19. The summed E-state index contributed by atoms with van der Waals surface area (Å²) in [5.74, 6) is -0.908. The summed E-state index contributed by atoms with van der Waals surface area (Å²) in [6.07, 6.45) is 3.18. The molecule has 2 aromatic rings. The Balaban J connectivity index is 1.83. The number of rotatable bonds is 4. The van der Waals surface area contributed by atoms with Crippen LogP contribution in [-0.4, -0.2) is 46.7 Å². The van der Waals surface area contributed by atoms with Crippen LogP contribution in [0.5, 0.6) is 0 Å². The summed E-state index contributed by atoms with van der Waals surface area (Å²) in [6, 6.07) is 6.69. The van der Waals surface area contributed by atoms with E-state index < -0.39 is 16.0 Å². The molecule has 1 N–H and O–H groups in total. The molecule has 1 atom stereocenters. The van der Waals surface area contributed by atoms with E-state index >= 15 is 0 Å². The van der Waals surface area contributed by atoms with Gasteiger partial charge in [-0.15, -0.1) is 0 Å². The molecule has 0 aliphatic carbocycles. The smallest absolute Gasteiger partial charge is 0.335 e. The molecular weight excluding hydrogens is 342 g/mol. The van der Waals surface area contributed by atoms with Crippen molar-refractivity contribution in [3.8, 4) is 0 Å². The van der Waals surface area contributed by atoms with Gasteiger partial charge in [-0.3, -0.25) is 4.68 Å². The maximum absolute atomic E-state index is 12.9. The van der Waals surface area contributed by atoms with Crippen LogP contribution in [0.25, 0.3) is 0 Å². The monoisotopic (exact) mass is 363 g/mol. The van der Waals surface area contributed by atoms with Crippen molar-refractivity contribution in [1.82, 2.24) is 14.1 Å². The second-order valence-corrected chi connectivity index (χ2v) is 8.29. The van der Waals surface area contributed by atoms with Gasteiger partial charge < -0.3 is 5.11 Å². The van der Waals surface area contributed by atoms with E-state index in [1.165, 1.54) is 15.2 Å². The zero-order valence-electron chi connectivity index (χ0n) is 14.2. The number of hydrogen-bond acceptors (Lipinski definition) is 4. The Morgan fingerprint density at radius 2 is 1.96 bits per heavy atom. The lowest BCUT2D eigenvalue weighted by atomic mass is 9.91. The molecule has 7 nitrogen and oxygen atoms in total. The largest absolute Gasteiger partial charge is 0.478 e. The first-order valence-electron chi connectivity index (χ1n) is 8.12. The van der Waals surface area contributed by atoms with Crippen LogP contribution in [0.1, 0.15) is 40.4 Å². The van der Waals surface area contributed by atoms with Gasteiger partial charge in [0.2, 0.25) is 10.0 Å². The van der Waals surface area contributed by atoms with Crippen molar-refractivity contribution in [2.45, 2.75) is 30.6 Å². The SMILES string of the molecule is Cc1nn(C)cc1S(=O)(=O)N1CCC[C@H](c2ccc(C(=O)O)cc2)C1. The summed E-state index contributed by atoms with van der Waals surface area (Å²) in [4.78, 5) is 11.2. The fraction of sp³-hybridized carbons (Fsp3) is 0.412. The Morgan fingerprint density at radius 3 is 2.52 bits per heavy atom. The number of aryl methyl sites for hydroxylation is 2. The second kappa shape index (κ2) is 6.61. The van der Waals surface area contributed by atoms with Crippen LogP contribution in [0.15, 0.2) is 35.4 Å². The van der Waals surface area contributed by atoms with Crippen LogP contribution >= 0.6 is 0 Å². The molecule has 1 aliphatic rings. The average molecular weight is 363 g/mol. The summed E-state index contributed by atoms with van der Waals surface area (Å²) in [5.41, 5.74) is 1.69. The number of sulfonamides is 1. The van der Waals surface area contributed by atoms with Crippen molar-refractivity contribution in [2.24, 2.45) is 7.05 Å². The first kappa shape index (κ1) is 17.6. The summed E-state index contributed by atoms with van der Waals surface area (Å²) < 4.78 is 28.9. The molecule has 25 heavy (non-hydrogen) atoms. The number of carbonyl (C=O) groups is 1. The molecule has 3 rings (SSSR count). The normalized spacial score (nSPS) is 19.0. The second-order valence-electron chi connectivity index (χ2n) is 6.38. The van der Waals surface area contributed by atoms with E-state index in [9.17, 15) is 13.2 Å². The van der Waals surface area contributed by atoms with Crippen molar-refractivity contribution in [2.75, 3.05) is 13.1 Å². The van der Waals surface area contributed by atoms with E-state index in [1.807, 2.05) is 0 Å². The molecule has 1 aliphatic heterocycles. The van der Waals surface area contributed by atoms with Crippen LogP contribution in [0.3, 0.4) is 0 Å². The fourth-order valence-corrected chi connectivity index (χ4v) is 5.02. The third kappa shape index (κ3) is 3.45. The number of piperidine rings is 1. The van der Waals surface area contributed by atoms with Crippen LogP contribution in [0, 0.1) is 6.92 Å². The number of aromatic carboxylic acids is 1. The topological polar surface area (TPSA) is 92.5 Å². The molecule has 0 unspecified atom stereocenters. The van der Waals surface area contributed by atoms with Gasteiger partial charge in [0, 0.05) is 26.3 Å². The zero-order valence-corrected chi connectivity index (χ0v) is 15.0. The molecule has 0 saturated carbocycles. The van der Waals surface area contributed by atoms with E-state index in [0.717, 1.165) is 18.4 Å². The number of hydrogen-bond donors (Lipinski definition) is 1. The van der Waals surface area contributed by atoms with Crippen LogP contribution < -0.4 is 0 Å². The first-order valence-corrected chi connectivity index (χ1v) is 9.56. The predicted octanol–water partition coefficient (Wildman–Crippen LogP) is 2.00. The minimum atomic E-state index is -3.58. The maximum Gasteiger partial charge on any atom is 0.335 e. The summed E-state index contributed by atoms with van der Waals surface area (Å²) in [6.45, 7) is 2.57. The summed E-state index contributed by atoms with van der Waals surface area (Å²) in [5, 5.41) is 13.1. The third-order valence-corrected chi connectivity index (χ3v) is 6.57. The van der Waals surface area contributed by atoms with Crippen molar-refractivity contribution in [3.63, 3.8) is 0 Å². The molecule has 1 aromatic heterocycles. The van der Waals surface area contributed by atoms with Gasteiger partial charge >= 0.3 is 5.97 Å². The predicted molar refractivity (Wildman–Crippen MR) is 92.1 cm³/mol. The zero-order chi connectivity index (χ0) is 18.2. The molecule has 1 fully saturated rings. The molecule has 134 valence electrons. The molecule has 0 spiro atoms. The molecule has 1 saturated heterocycles. The minimum absolute atomic E-state index is 0.0587. The van der Waals surface area contributed by atoms with Gasteiger partial charge in [-0.25, -0.2) is 13.2 Å². The lowest BCUT2D eigenvalue weighted by molar-refractivity contribution is 0.0697. The summed E-state index contributed by atoms with van der Waals surface area (Å²) in [7, 11) is -1.88. The first-order chi connectivity index (χ1) is 11.8. The van der Waals surface area contributed by atoms with Gasteiger partial charge in [0.25, 0.3) is 0 Å². The highest BCUT2D eigenvalue weighted by Gasteiger charge is 2.33. The van der Waals surface area contributed by atoms with E-state index in [0.29, 0.717) is 18.8 Å². The highest BCUT2D eigenvalue weighted by Crippen LogP contribution is 2.31. The third-order valence-electron chi connectivity index (χ3n) is 4.60. The Labute approximate surface area is 146 Å². The average Bonchev–Trinajstić information content (AvgIpc) is 2.94. The Kier molecular flexibility index (Phi) is 4.66. The van der Waals surface area contributed by atoms with Gasteiger partial charge in [0.1, 0.15) is 4.90 Å². The van der Waals surface area contributed by atoms with E-state index in [1.54, 1.807) is 38.2 Å². The highest BCUT2D eigenvalue weighted by atomic mass is 32.2. The quantitative estimate of drug-likeness (QED) is 0.897. The molecule has 8 heteroatoms. The molecule has 0 radical (unpaired) electrons. The number of benzene rings is 1. The van der Waals surface area contributed by atoms with Gasteiger partial charge in [-0.2, -0.15) is 9.40 Å². The number of nitrogens with zero attached hydrogens (tertiary/aromatic N) is 3. The van der Waals surface area contributed by atoms with Crippen LogP contribution in [-0.2, 0) is 17.1 Å². The lowest BCUT2D eigenvalue weighted by Crippen LogP contribution is -2.39. The van der Waals surface area contributed by atoms with Crippen molar-refractivity contribution in [3.05, 3.63) is 47.3 Å². The molecule has 0 amide bonds. The van der Waals surface area contributed by atoms with Gasteiger partial charge in [-0.05, 0) is 43.4 Å².